The Hall–Kier alpha value is -1.17. The highest BCUT2D eigenvalue weighted by Crippen LogP contribution is 2.15. The number of nitrogens with zero attached hydrogens (tertiary/aromatic N) is 4. The highest BCUT2D eigenvalue weighted by atomic mass is 127. The van der Waals surface area contributed by atoms with Gasteiger partial charge in [-0.25, -0.2) is 4.98 Å². The number of halogens is 1. The summed E-state index contributed by atoms with van der Waals surface area (Å²) in [6.45, 7) is 14.4. The summed E-state index contributed by atoms with van der Waals surface area (Å²) in [6.07, 6.45) is 2.20. The van der Waals surface area contributed by atoms with Gasteiger partial charge in [0.1, 0.15) is 5.82 Å². The molecule has 0 spiro atoms. The van der Waals surface area contributed by atoms with Gasteiger partial charge >= 0.3 is 0 Å². The summed E-state index contributed by atoms with van der Waals surface area (Å²) in [5.41, 5.74) is 1.14. The molecule has 31 heavy (non-hydrogen) atoms. The molecule has 2 N–H and O–H groups in total. The van der Waals surface area contributed by atoms with E-state index < -0.39 is 0 Å². The summed E-state index contributed by atoms with van der Waals surface area (Å²) in [4.78, 5) is 13.8. The maximum Gasteiger partial charge on any atom is 0.191 e. The molecule has 3 heterocycles. The molecule has 2 fully saturated rings. The van der Waals surface area contributed by atoms with Gasteiger partial charge < -0.3 is 25.0 Å². The molecular formula is C22H39IN6O2. The summed E-state index contributed by atoms with van der Waals surface area (Å²) in [5, 5.41) is 6.91. The Morgan fingerprint density at radius 2 is 1.97 bits per heavy atom. The van der Waals surface area contributed by atoms with Crippen molar-refractivity contribution in [2.24, 2.45) is 10.9 Å². The maximum absolute atomic E-state index is 5.61. The second-order valence-electron chi connectivity index (χ2n) is 8.42. The fourth-order valence-electron chi connectivity index (χ4n) is 4.04. The van der Waals surface area contributed by atoms with E-state index in [-0.39, 0.29) is 30.1 Å². The Bertz CT molecular complexity index is 666. The summed E-state index contributed by atoms with van der Waals surface area (Å²) in [7, 11) is 1.81. The van der Waals surface area contributed by atoms with Gasteiger partial charge in [-0.05, 0) is 24.5 Å². The molecule has 2 aliphatic rings. The average molecular weight is 546 g/mol. The van der Waals surface area contributed by atoms with Gasteiger partial charge in [-0.1, -0.05) is 19.9 Å². The third-order valence-corrected chi connectivity index (χ3v) is 5.82. The number of nitrogens with one attached hydrogen (secondary N) is 2. The lowest BCUT2D eigenvalue weighted by Gasteiger charge is -2.37. The van der Waals surface area contributed by atoms with Crippen LogP contribution >= 0.6 is 24.0 Å². The lowest BCUT2D eigenvalue weighted by atomic mass is 10.0. The second-order valence-corrected chi connectivity index (χ2v) is 8.42. The first-order chi connectivity index (χ1) is 14.6. The molecule has 0 bridgehead atoms. The molecule has 3 rings (SSSR count). The minimum Gasteiger partial charge on any atom is -0.379 e. The van der Waals surface area contributed by atoms with Gasteiger partial charge in [0.15, 0.2) is 5.96 Å². The molecule has 0 radical (unpaired) electrons. The molecule has 0 saturated carbocycles. The zero-order valence-corrected chi connectivity index (χ0v) is 21.7. The fraction of sp³-hybridized carbons (Fsp3) is 0.727. The van der Waals surface area contributed by atoms with Crippen LogP contribution in [0.5, 0.6) is 0 Å². The van der Waals surface area contributed by atoms with Crippen molar-refractivity contribution < 1.29 is 9.47 Å². The zero-order valence-electron chi connectivity index (χ0n) is 19.3. The van der Waals surface area contributed by atoms with E-state index >= 15 is 0 Å². The highest BCUT2D eigenvalue weighted by Gasteiger charge is 2.24. The normalized spacial score (nSPS) is 21.5. The molecule has 176 valence electrons. The molecule has 2 aliphatic heterocycles. The van der Waals surface area contributed by atoms with Crippen LogP contribution in [0.3, 0.4) is 0 Å². The quantitative estimate of drug-likeness (QED) is 0.308. The van der Waals surface area contributed by atoms with Crippen molar-refractivity contribution >= 4 is 35.8 Å². The second kappa shape index (κ2) is 13.4. The van der Waals surface area contributed by atoms with Crippen molar-refractivity contribution in [1.29, 1.82) is 0 Å². The molecule has 8 nitrogen and oxygen atoms in total. The first-order valence-electron chi connectivity index (χ1n) is 11.1. The minimum atomic E-state index is 0. The lowest BCUT2D eigenvalue weighted by molar-refractivity contribution is 0.00752. The van der Waals surface area contributed by atoms with E-state index in [2.05, 4.69) is 63.3 Å². The van der Waals surface area contributed by atoms with Gasteiger partial charge in [0, 0.05) is 58.6 Å². The molecular weight excluding hydrogens is 507 g/mol. The summed E-state index contributed by atoms with van der Waals surface area (Å²) >= 11 is 0. The van der Waals surface area contributed by atoms with Crippen molar-refractivity contribution in [3.05, 3.63) is 23.9 Å². The smallest absolute Gasteiger partial charge is 0.191 e. The molecule has 0 amide bonds. The molecule has 0 aromatic carbocycles. The van der Waals surface area contributed by atoms with E-state index in [1.807, 2.05) is 13.2 Å². The van der Waals surface area contributed by atoms with E-state index in [4.69, 9.17) is 9.47 Å². The van der Waals surface area contributed by atoms with Crippen molar-refractivity contribution in [3.63, 3.8) is 0 Å². The number of morpholine rings is 2. The minimum absolute atomic E-state index is 0. The van der Waals surface area contributed by atoms with E-state index in [1.54, 1.807) is 0 Å². The molecule has 1 aromatic heterocycles. The number of hydrogen-bond donors (Lipinski definition) is 2. The molecule has 9 heteroatoms. The number of aliphatic imine (C=N–C) groups is 1. The van der Waals surface area contributed by atoms with Gasteiger partial charge in [0.25, 0.3) is 0 Å². The lowest BCUT2D eigenvalue weighted by Crippen LogP contribution is -2.52. The number of hydrogen-bond acceptors (Lipinski definition) is 6. The van der Waals surface area contributed by atoms with E-state index in [0.29, 0.717) is 18.5 Å². The maximum atomic E-state index is 5.61. The van der Waals surface area contributed by atoms with Crippen LogP contribution in [-0.2, 0) is 16.0 Å². The van der Waals surface area contributed by atoms with Crippen LogP contribution in [0.1, 0.15) is 26.3 Å². The highest BCUT2D eigenvalue weighted by molar-refractivity contribution is 14.0. The number of pyridine rings is 1. The van der Waals surface area contributed by atoms with Crippen molar-refractivity contribution in [1.82, 2.24) is 20.5 Å². The number of guanidine groups is 1. The Kier molecular flexibility index (Phi) is 11.3. The predicted molar refractivity (Wildman–Crippen MR) is 136 cm³/mol. The van der Waals surface area contributed by atoms with Crippen LogP contribution < -0.4 is 15.5 Å². The average Bonchev–Trinajstić information content (AvgIpc) is 2.77. The van der Waals surface area contributed by atoms with Crippen LogP contribution in [0.25, 0.3) is 0 Å². The molecule has 2 unspecified atom stereocenters. The van der Waals surface area contributed by atoms with E-state index in [0.717, 1.165) is 69.9 Å². The van der Waals surface area contributed by atoms with Crippen LogP contribution in [0.2, 0.25) is 0 Å². The Balaban J connectivity index is 0.00000341. The SMILES string of the molecule is CN=C(NCc1ccc(N2CCOC(C)C2)nc1)NCC(C(C)C)N1CCOCC1.I. The Labute approximate surface area is 204 Å². The summed E-state index contributed by atoms with van der Waals surface area (Å²) < 4.78 is 11.1. The van der Waals surface area contributed by atoms with Gasteiger partial charge in [0.2, 0.25) is 0 Å². The van der Waals surface area contributed by atoms with Crippen LogP contribution in [0.15, 0.2) is 23.3 Å². The van der Waals surface area contributed by atoms with Gasteiger partial charge in [0.05, 0.1) is 25.9 Å². The van der Waals surface area contributed by atoms with Crippen LogP contribution in [0.4, 0.5) is 5.82 Å². The number of aromatic nitrogens is 1. The number of rotatable bonds is 7. The topological polar surface area (TPSA) is 74.2 Å². The third-order valence-electron chi connectivity index (χ3n) is 5.82. The number of anilines is 1. The van der Waals surface area contributed by atoms with Gasteiger partial charge in [-0.2, -0.15) is 0 Å². The third kappa shape index (κ3) is 8.03. The van der Waals surface area contributed by atoms with Crippen molar-refractivity contribution in [2.75, 3.05) is 64.5 Å². The number of ether oxygens (including phenoxy) is 2. The monoisotopic (exact) mass is 546 g/mol. The zero-order chi connectivity index (χ0) is 21.3. The Morgan fingerprint density at radius 3 is 2.58 bits per heavy atom. The first kappa shape index (κ1) is 26.1. The van der Waals surface area contributed by atoms with Gasteiger partial charge in [-0.15, -0.1) is 24.0 Å². The van der Waals surface area contributed by atoms with Crippen LogP contribution in [-0.4, -0.2) is 87.6 Å². The Morgan fingerprint density at radius 1 is 1.19 bits per heavy atom. The van der Waals surface area contributed by atoms with Crippen LogP contribution in [0, 0.1) is 5.92 Å². The largest absolute Gasteiger partial charge is 0.379 e. The van der Waals surface area contributed by atoms with Crippen molar-refractivity contribution in [3.8, 4) is 0 Å². The molecule has 2 atom stereocenters. The first-order valence-corrected chi connectivity index (χ1v) is 11.1. The fourth-order valence-corrected chi connectivity index (χ4v) is 4.04. The standard InChI is InChI=1S/C22H38N6O2.HI/c1-17(2)20(27-7-10-29-11-8-27)15-26-22(23-4)25-14-19-5-6-21(24-13-19)28-9-12-30-18(3)16-28;/h5-6,13,17-18,20H,7-12,14-16H2,1-4H3,(H2,23,25,26);1H. The van der Waals surface area contributed by atoms with Gasteiger partial charge in [-0.3, -0.25) is 9.89 Å². The van der Waals surface area contributed by atoms with Crippen molar-refractivity contribution in [2.45, 2.75) is 39.5 Å². The molecule has 0 aliphatic carbocycles. The summed E-state index contributed by atoms with van der Waals surface area (Å²) in [6, 6.07) is 4.69. The summed E-state index contributed by atoms with van der Waals surface area (Å²) in [5.74, 6) is 2.40. The van der Waals surface area contributed by atoms with E-state index in [9.17, 15) is 0 Å². The predicted octanol–water partition coefficient (Wildman–Crippen LogP) is 1.95. The van der Waals surface area contributed by atoms with E-state index in [1.165, 1.54) is 0 Å². The molecule has 1 aromatic rings. The molecule has 2 saturated heterocycles.